The minimum Gasteiger partial charge on any atom is -0.504 e. The van der Waals surface area contributed by atoms with Gasteiger partial charge in [-0.3, -0.25) is 0 Å². The first-order chi connectivity index (χ1) is 11.9. The minimum atomic E-state index is -1.53. The van der Waals surface area contributed by atoms with Gasteiger partial charge in [0.25, 0.3) is 0 Å². The molecule has 9 nitrogen and oxygen atoms in total. The SMILES string of the molecule is COc1cc(C(CO)COC2OC(CO)C(O)C(O)C2O)ccc1O. The van der Waals surface area contributed by atoms with E-state index in [1.165, 1.54) is 13.2 Å². The second-order valence-corrected chi connectivity index (χ2v) is 5.84. The van der Waals surface area contributed by atoms with E-state index in [1.807, 2.05) is 0 Å². The quantitative estimate of drug-likeness (QED) is 0.334. The van der Waals surface area contributed by atoms with Crippen LogP contribution in [0, 0.1) is 0 Å². The zero-order valence-electron chi connectivity index (χ0n) is 13.7. The van der Waals surface area contributed by atoms with Crippen molar-refractivity contribution in [3.8, 4) is 11.5 Å². The number of hydrogen-bond donors (Lipinski definition) is 6. The van der Waals surface area contributed by atoms with Crippen LogP contribution in [0.3, 0.4) is 0 Å². The summed E-state index contributed by atoms with van der Waals surface area (Å²) in [6.07, 6.45) is -6.84. The normalized spacial score (nSPS) is 30.9. The van der Waals surface area contributed by atoms with E-state index in [0.717, 1.165) is 0 Å². The van der Waals surface area contributed by atoms with Gasteiger partial charge in [0.1, 0.15) is 24.4 Å². The van der Waals surface area contributed by atoms with Gasteiger partial charge >= 0.3 is 0 Å². The van der Waals surface area contributed by atoms with Crippen LogP contribution in [0.2, 0.25) is 0 Å². The molecule has 1 heterocycles. The molecule has 6 unspecified atom stereocenters. The summed E-state index contributed by atoms with van der Waals surface area (Å²) in [6.45, 7) is -0.915. The van der Waals surface area contributed by atoms with Crippen LogP contribution in [0.25, 0.3) is 0 Å². The minimum absolute atomic E-state index is 0.0437. The predicted molar refractivity (Wildman–Crippen MR) is 84.2 cm³/mol. The van der Waals surface area contributed by atoms with E-state index in [-0.39, 0.29) is 24.7 Å². The first-order valence-electron chi connectivity index (χ1n) is 7.82. The summed E-state index contributed by atoms with van der Waals surface area (Å²) < 4.78 is 15.7. The van der Waals surface area contributed by atoms with E-state index in [0.29, 0.717) is 5.56 Å². The molecule has 0 saturated carbocycles. The Bertz CT molecular complexity index is 550. The van der Waals surface area contributed by atoms with Gasteiger partial charge in [-0.2, -0.15) is 0 Å². The summed E-state index contributed by atoms with van der Waals surface area (Å²) in [4.78, 5) is 0. The molecule has 1 aromatic rings. The van der Waals surface area contributed by atoms with Crippen molar-refractivity contribution in [3.63, 3.8) is 0 Å². The Morgan fingerprint density at radius 3 is 2.44 bits per heavy atom. The van der Waals surface area contributed by atoms with Gasteiger partial charge < -0.3 is 44.8 Å². The van der Waals surface area contributed by atoms with Crippen molar-refractivity contribution < 1.29 is 44.8 Å². The van der Waals surface area contributed by atoms with Gasteiger partial charge in [-0.1, -0.05) is 6.07 Å². The van der Waals surface area contributed by atoms with Crippen LogP contribution in [0.1, 0.15) is 11.5 Å². The Balaban J connectivity index is 2.04. The van der Waals surface area contributed by atoms with Crippen molar-refractivity contribution in [2.75, 3.05) is 26.9 Å². The lowest BCUT2D eigenvalue weighted by Crippen LogP contribution is -2.59. The molecule has 0 aromatic heterocycles. The first-order valence-corrected chi connectivity index (χ1v) is 7.82. The molecule has 1 aromatic carbocycles. The molecule has 6 N–H and O–H groups in total. The summed E-state index contributed by atoms with van der Waals surface area (Å²) in [5.74, 6) is -0.316. The molecule has 1 aliphatic heterocycles. The topological polar surface area (TPSA) is 149 Å². The van der Waals surface area contributed by atoms with E-state index in [2.05, 4.69) is 0 Å². The second kappa shape index (κ2) is 8.77. The third-order valence-corrected chi connectivity index (χ3v) is 4.21. The number of ether oxygens (including phenoxy) is 3. The fraction of sp³-hybridized carbons (Fsp3) is 0.625. The number of phenols is 1. The predicted octanol–water partition coefficient (Wildman–Crippen LogP) is -1.71. The molecule has 6 atom stereocenters. The third kappa shape index (κ3) is 4.39. The molecule has 0 bridgehead atoms. The van der Waals surface area contributed by atoms with Crippen LogP contribution < -0.4 is 4.74 Å². The van der Waals surface area contributed by atoms with E-state index in [1.54, 1.807) is 12.1 Å². The number of methoxy groups -OCH3 is 1. The highest BCUT2D eigenvalue weighted by atomic mass is 16.7. The third-order valence-electron chi connectivity index (χ3n) is 4.21. The maximum atomic E-state index is 9.94. The monoisotopic (exact) mass is 360 g/mol. The number of aliphatic hydroxyl groups is 5. The lowest BCUT2D eigenvalue weighted by molar-refractivity contribution is -0.302. The maximum absolute atomic E-state index is 9.94. The summed E-state index contributed by atoms with van der Waals surface area (Å²) in [5, 5.41) is 57.8. The number of rotatable bonds is 7. The van der Waals surface area contributed by atoms with Gasteiger partial charge in [0.15, 0.2) is 17.8 Å². The molecule has 142 valence electrons. The fourth-order valence-corrected chi connectivity index (χ4v) is 2.62. The van der Waals surface area contributed by atoms with Crippen LogP contribution in [0.15, 0.2) is 18.2 Å². The van der Waals surface area contributed by atoms with Crippen molar-refractivity contribution in [3.05, 3.63) is 23.8 Å². The summed E-state index contributed by atoms with van der Waals surface area (Å²) >= 11 is 0. The lowest BCUT2D eigenvalue weighted by atomic mass is 9.98. The maximum Gasteiger partial charge on any atom is 0.186 e. The van der Waals surface area contributed by atoms with E-state index >= 15 is 0 Å². The van der Waals surface area contributed by atoms with Crippen LogP contribution in [0.5, 0.6) is 11.5 Å². The number of phenolic OH excluding ortho intramolecular Hbond substituents is 1. The Morgan fingerprint density at radius 2 is 1.84 bits per heavy atom. The van der Waals surface area contributed by atoms with Gasteiger partial charge in [-0.05, 0) is 17.7 Å². The molecule has 0 radical (unpaired) electrons. The summed E-state index contributed by atoms with van der Waals surface area (Å²) in [6, 6.07) is 4.56. The molecular weight excluding hydrogens is 336 g/mol. The van der Waals surface area contributed by atoms with Crippen LogP contribution in [-0.2, 0) is 9.47 Å². The largest absolute Gasteiger partial charge is 0.504 e. The number of hydrogen-bond acceptors (Lipinski definition) is 9. The van der Waals surface area contributed by atoms with Crippen molar-refractivity contribution in [1.82, 2.24) is 0 Å². The van der Waals surface area contributed by atoms with Gasteiger partial charge in [0.2, 0.25) is 0 Å². The second-order valence-electron chi connectivity index (χ2n) is 5.84. The van der Waals surface area contributed by atoms with Gasteiger partial charge in [-0.25, -0.2) is 0 Å². The van der Waals surface area contributed by atoms with Crippen molar-refractivity contribution in [2.45, 2.75) is 36.6 Å². The summed E-state index contributed by atoms with van der Waals surface area (Å²) in [5.41, 5.74) is 0.627. The summed E-state index contributed by atoms with van der Waals surface area (Å²) in [7, 11) is 1.40. The van der Waals surface area contributed by atoms with Gasteiger partial charge in [-0.15, -0.1) is 0 Å². The Kier molecular flexibility index (Phi) is 6.96. The van der Waals surface area contributed by atoms with E-state index in [4.69, 9.17) is 19.3 Å². The van der Waals surface area contributed by atoms with E-state index in [9.17, 15) is 25.5 Å². The molecular formula is C16H24O9. The number of benzene rings is 1. The highest BCUT2D eigenvalue weighted by Gasteiger charge is 2.44. The Hall–Kier alpha value is -1.46. The molecule has 0 aliphatic carbocycles. The van der Waals surface area contributed by atoms with Gasteiger partial charge in [0, 0.05) is 5.92 Å². The average Bonchev–Trinajstić information content (AvgIpc) is 2.63. The molecule has 1 fully saturated rings. The average molecular weight is 360 g/mol. The smallest absolute Gasteiger partial charge is 0.186 e. The van der Waals surface area contributed by atoms with Crippen LogP contribution in [0.4, 0.5) is 0 Å². The molecule has 1 aliphatic rings. The van der Waals surface area contributed by atoms with Gasteiger partial charge in [0.05, 0.1) is 26.9 Å². The lowest BCUT2D eigenvalue weighted by Gasteiger charge is -2.40. The molecule has 25 heavy (non-hydrogen) atoms. The van der Waals surface area contributed by atoms with Crippen molar-refractivity contribution in [2.24, 2.45) is 0 Å². The Labute approximate surface area is 144 Å². The Morgan fingerprint density at radius 1 is 1.12 bits per heavy atom. The number of aliphatic hydroxyl groups excluding tert-OH is 5. The molecule has 0 amide bonds. The van der Waals surface area contributed by atoms with Crippen molar-refractivity contribution in [1.29, 1.82) is 0 Å². The zero-order chi connectivity index (χ0) is 18.6. The number of aromatic hydroxyl groups is 1. The fourth-order valence-electron chi connectivity index (χ4n) is 2.62. The standard InChI is InChI=1S/C16H24O9/c1-23-11-4-8(2-3-10(11)19)9(5-17)7-24-16-15(22)14(21)13(20)12(6-18)25-16/h2-4,9,12-22H,5-7H2,1H3. The van der Waals surface area contributed by atoms with Crippen molar-refractivity contribution >= 4 is 0 Å². The zero-order valence-corrected chi connectivity index (χ0v) is 13.7. The van der Waals surface area contributed by atoms with Crippen LogP contribution in [-0.4, -0.2) is 88.3 Å². The molecule has 0 spiro atoms. The molecule has 9 heteroatoms. The highest BCUT2D eigenvalue weighted by Crippen LogP contribution is 2.30. The highest BCUT2D eigenvalue weighted by molar-refractivity contribution is 5.42. The van der Waals surface area contributed by atoms with E-state index < -0.39 is 43.2 Å². The molecule has 1 saturated heterocycles. The molecule has 2 rings (SSSR count). The first kappa shape index (κ1) is 19.9. The van der Waals surface area contributed by atoms with Crippen LogP contribution >= 0.6 is 0 Å².